The predicted octanol–water partition coefficient (Wildman–Crippen LogP) is 7.05. The Morgan fingerprint density at radius 3 is 2.60 bits per heavy atom. The van der Waals surface area contributed by atoms with Gasteiger partial charge in [-0.3, -0.25) is 14.6 Å². The molecule has 14 heteroatoms. The molecule has 0 saturated carbocycles. The second-order valence-electron chi connectivity index (χ2n) is 10.3. The third-order valence-corrected chi connectivity index (χ3v) is 9.59. The van der Waals surface area contributed by atoms with Crippen molar-refractivity contribution in [2.45, 2.75) is 69.6 Å². The zero-order valence-electron chi connectivity index (χ0n) is 22.4. The van der Waals surface area contributed by atoms with E-state index >= 15 is 0 Å². The van der Waals surface area contributed by atoms with Crippen molar-refractivity contribution in [1.29, 1.82) is 0 Å². The van der Waals surface area contributed by atoms with Crippen LogP contribution in [0.2, 0.25) is 0 Å². The van der Waals surface area contributed by atoms with Crippen LogP contribution in [0.15, 0.2) is 41.2 Å². The molecule has 0 aliphatic carbocycles. The highest BCUT2D eigenvalue weighted by atomic mass is 32.1. The highest BCUT2D eigenvalue weighted by molar-refractivity contribution is 7.10. The van der Waals surface area contributed by atoms with Crippen LogP contribution in [0.25, 0.3) is 0 Å². The maximum Gasteiger partial charge on any atom is 0.425 e. The summed E-state index contributed by atoms with van der Waals surface area (Å²) in [6.45, 7) is 2.41. The smallest absolute Gasteiger partial charge is 0.425 e. The number of aromatic nitrogens is 1. The fraction of sp³-hybridized carbons (Fsp3) is 0.464. The number of ether oxygens (including phenoxy) is 1. The van der Waals surface area contributed by atoms with Gasteiger partial charge in [0.25, 0.3) is 11.8 Å². The molecule has 0 unspecified atom stereocenters. The topological polar surface area (TPSA) is 62.7 Å². The van der Waals surface area contributed by atoms with Crippen molar-refractivity contribution in [3.05, 3.63) is 67.8 Å². The Bertz CT molecular complexity index is 1450. The van der Waals surface area contributed by atoms with Gasteiger partial charge in [0, 0.05) is 48.6 Å². The number of carbonyl (C=O) groups is 2. The maximum atomic E-state index is 14.5. The zero-order valence-corrected chi connectivity index (χ0v) is 24.1. The number of carbonyl (C=O) groups excluding carboxylic acids is 2. The summed E-state index contributed by atoms with van der Waals surface area (Å²) in [4.78, 5) is 35.0. The first kappa shape index (κ1) is 30.3. The molecule has 5 rings (SSSR count). The highest BCUT2D eigenvalue weighted by Gasteiger charge is 2.56. The first-order chi connectivity index (χ1) is 19.8. The van der Waals surface area contributed by atoms with Crippen LogP contribution in [0.4, 0.5) is 26.3 Å². The summed E-state index contributed by atoms with van der Waals surface area (Å²) in [5.74, 6) is -1.70. The summed E-state index contributed by atoms with van der Waals surface area (Å²) in [7, 11) is 0. The van der Waals surface area contributed by atoms with E-state index in [1.807, 2.05) is 11.4 Å². The van der Waals surface area contributed by atoms with E-state index in [4.69, 9.17) is 4.74 Å². The quantitative estimate of drug-likeness (QED) is 0.274. The number of fused-ring (bicyclic) bond motifs is 1. The van der Waals surface area contributed by atoms with Crippen LogP contribution < -0.4 is 4.74 Å². The van der Waals surface area contributed by atoms with Crippen molar-refractivity contribution in [1.82, 2.24) is 14.8 Å². The number of halogens is 6. The largest absolute Gasteiger partial charge is 0.474 e. The van der Waals surface area contributed by atoms with Gasteiger partial charge in [-0.25, -0.2) is 0 Å². The van der Waals surface area contributed by atoms with Gasteiger partial charge >= 0.3 is 12.4 Å². The molecule has 1 saturated heterocycles. The zero-order chi connectivity index (χ0) is 30.3. The minimum atomic E-state index is -4.85. The Hall–Kier alpha value is -3.13. The summed E-state index contributed by atoms with van der Waals surface area (Å²) in [6.07, 6.45) is -6.97. The average Bonchev–Trinajstić information content (AvgIpc) is 3.62. The number of rotatable bonds is 6. The molecule has 0 N–H and O–H groups in total. The van der Waals surface area contributed by atoms with E-state index in [9.17, 15) is 35.9 Å². The van der Waals surface area contributed by atoms with Gasteiger partial charge in [0.1, 0.15) is 16.3 Å². The average molecular weight is 632 g/mol. The number of likely N-dealkylation sites (tertiary alicyclic amines) is 1. The van der Waals surface area contributed by atoms with Gasteiger partial charge in [-0.1, -0.05) is 13.3 Å². The lowest BCUT2D eigenvalue weighted by atomic mass is 9.79. The van der Waals surface area contributed by atoms with Crippen molar-refractivity contribution in [2.75, 3.05) is 13.1 Å². The van der Waals surface area contributed by atoms with Gasteiger partial charge < -0.3 is 14.5 Å². The van der Waals surface area contributed by atoms with Gasteiger partial charge in [-0.15, -0.1) is 22.7 Å². The molecule has 0 bridgehead atoms. The van der Waals surface area contributed by atoms with Crippen molar-refractivity contribution in [3.8, 4) is 5.75 Å². The number of nitrogens with zero attached hydrogens (tertiary/aromatic N) is 3. The maximum absolute atomic E-state index is 14.5. The number of hydrogen-bond donors (Lipinski definition) is 0. The molecule has 2 amide bonds. The number of alkyl halides is 6. The Balaban J connectivity index is 1.58. The Morgan fingerprint density at radius 2 is 1.90 bits per heavy atom. The number of hydrogen-bond acceptors (Lipinski definition) is 6. The molecule has 0 spiro atoms. The lowest BCUT2D eigenvalue weighted by Gasteiger charge is -2.50. The summed E-state index contributed by atoms with van der Waals surface area (Å²) < 4.78 is 88.1. The summed E-state index contributed by atoms with van der Waals surface area (Å²) in [5, 5.41) is 3.08. The molecule has 1 fully saturated rings. The Kier molecular flexibility index (Phi) is 8.31. The van der Waals surface area contributed by atoms with Crippen molar-refractivity contribution >= 4 is 34.5 Å². The monoisotopic (exact) mass is 631 g/mol. The molecular formula is C28H27F6N3O3S2. The highest BCUT2D eigenvalue weighted by Crippen LogP contribution is 2.43. The second-order valence-corrected chi connectivity index (χ2v) is 12.2. The predicted molar refractivity (Wildman–Crippen MR) is 144 cm³/mol. The first-order valence-electron chi connectivity index (χ1n) is 13.4. The molecular weight excluding hydrogens is 604 g/mol. The Labute approximate surface area is 245 Å². The van der Waals surface area contributed by atoms with E-state index < -0.39 is 51.9 Å². The molecule has 5 heterocycles. The molecule has 6 nitrogen and oxygen atoms in total. The summed E-state index contributed by atoms with van der Waals surface area (Å²) in [5.41, 5.74) is -2.88. The van der Waals surface area contributed by atoms with Crippen molar-refractivity contribution in [3.63, 3.8) is 0 Å². The molecule has 226 valence electrons. The van der Waals surface area contributed by atoms with Crippen LogP contribution in [0.3, 0.4) is 0 Å². The second kappa shape index (κ2) is 11.5. The third-order valence-electron chi connectivity index (χ3n) is 7.61. The molecule has 0 aromatic carbocycles. The SMILES string of the molecule is CCC[C@H]1N(C(=O)c2ncccc2C(F)(F)F)CCC[C@@]1(Oc1csc(C(F)(F)F)c1)C(=O)N1CCc2sccc2C1. The molecule has 42 heavy (non-hydrogen) atoms. The van der Waals surface area contributed by atoms with E-state index in [0.717, 1.165) is 40.2 Å². The molecule has 2 aliphatic rings. The number of amides is 2. The lowest BCUT2D eigenvalue weighted by Crippen LogP contribution is -2.68. The van der Waals surface area contributed by atoms with E-state index in [1.165, 1.54) is 4.90 Å². The number of pyridine rings is 1. The number of piperidine rings is 1. The first-order valence-corrected chi connectivity index (χ1v) is 15.1. The number of thiophene rings is 2. The summed E-state index contributed by atoms with van der Waals surface area (Å²) in [6, 6.07) is 3.51. The van der Waals surface area contributed by atoms with Crippen LogP contribution in [-0.2, 0) is 30.1 Å². The normalized spacial score (nSPS) is 21.3. The molecule has 3 aromatic rings. The Morgan fingerprint density at radius 1 is 1.12 bits per heavy atom. The van der Waals surface area contributed by atoms with E-state index in [0.29, 0.717) is 30.7 Å². The summed E-state index contributed by atoms with van der Waals surface area (Å²) >= 11 is 1.99. The van der Waals surface area contributed by atoms with Gasteiger partial charge in [-0.2, -0.15) is 26.3 Å². The fourth-order valence-corrected chi connectivity index (χ4v) is 7.33. The fourth-order valence-electron chi connectivity index (χ4n) is 5.77. The van der Waals surface area contributed by atoms with Crippen molar-refractivity contribution < 1.29 is 40.7 Å². The lowest BCUT2D eigenvalue weighted by molar-refractivity contribution is -0.160. The molecule has 3 aromatic heterocycles. The van der Waals surface area contributed by atoms with Crippen LogP contribution in [0.5, 0.6) is 5.75 Å². The van der Waals surface area contributed by atoms with Crippen LogP contribution in [0, 0.1) is 0 Å². The molecule has 0 radical (unpaired) electrons. The minimum absolute atomic E-state index is 0.0296. The van der Waals surface area contributed by atoms with Gasteiger partial charge in [0.05, 0.1) is 11.6 Å². The van der Waals surface area contributed by atoms with Gasteiger partial charge in [0.2, 0.25) is 5.60 Å². The van der Waals surface area contributed by atoms with Crippen LogP contribution in [-0.4, -0.2) is 51.3 Å². The third kappa shape index (κ3) is 5.75. The van der Waals surface area contributed by atoms with E-state index in [1.54, 1.807) is 23.2 Å². The van der Waals surface area contributed by atoms with E-state index in [2.05, 4.69) is 4.98 Å². The standard InChI is InChI=1S/C28H27F6N3O3S2/c1-2-5-21-26(40-18-14-22(42-16-18)28(32,33)34,25(39)36-12-7-20-17(15-36)8-13-41-20)9-4-11-37(21)24(38)23-19(27(29,30)31)6-3-10-35-23/h3,6,8,10,13-14,16,21H,2,4-5,7,9,11-12,15H2,1H3/t21-,26+/m1/s1. The van der Waals surface area contributed by atoms with Crippen molar-refractivity contribution in [2.24, 2.45) is 0 Å². The van der Waals surface area contributed by atoms with Crippen LogP contribution in [0.1, 0.15) is 64.0 Å². The van der Waals surface area contributed by atoms with Crippen LogP contribution >= 0.6 is 22.7 Å². The van der Waals surface area contributed by atoms with Gasteiger partial charge in [-0.05, 0) is 48.4 Å². The minimum Gasteiger partial charge on any atom is -0.474 e. The van der Waals surface area contributed by atoms with E-state index in [-0.39, 0.29) is 38.1 Å². The molecule has 2 atom stereocenters. The van der Waals surface area contributed by atoms with Gasteiger partial charge in [0.15, 0.2) is 0 Å². The molecule has 2 aliphatic heterocycles.